The number of likely N-dealkylation sites (tertiary alicyclic amines) is 1. The van der Waals surface area contributed by atoms with Crippen LogP contribution in [-0.4, -0.2) is 63.0 Å². The van der Waals surface area contributed by atoms with Crippen LogP contribution in [0.4, 0.5) is 14.5 Å². The zero-order valence-electron chi connectivity index (χ0n) is 20.7. The van der Waals surface area contributed by atoms with E-state index in [9.17, 15) is 18.9 Å². The van der Waals surface area contributed by atoms with E-state index in [0.717, 1.165) is 30.9 Å². The third kappa shape index (κ3) is 4.70. The van der Waals surface area contributed by atoms with Gasteiger partial charge in [0.1, 0.15) is 28.3 Å². The predicted octanol–water partition coefficient (Wildman–Crippen LogP) is 2.89. The lowest BCUT2D eigenvalue weighted by Gasteiger charge is -2.36. The predicted molar refractivity (Wildman–Crippen MR) is 141 cm³/mol. The third-order valence-electron chi connectivity index (χ3n) is 7.01. The van der Waals surface area contributed by atoms with Crippen molar-refractivity contribution in [2.24, 2.45) is 11.7 Å². The van der Waals surface area contributed by atoms with Crippen LogP contribution in [0.1, 0.15) is 28.9 Å². The molecule has 9 nitrogen and oxygen atoms in total. The average molecular weight is 544 g/mol. The van der Waals surface area contributed by atoms with Crippen molar-refractivity contribution in [2.45, 2.75) is 18.9 Å². The molecule has 1 amide bonds. The van der Waals surface area contributed by atoms with Gasteiger partial charge in [0.05, 0.1) is 22.7 Å². The van der Waals surface area contributed by atoms with Crippen LogP contribution < -0.4 is 15.8 Å². The Hall–Kier alpha value is -3.61. The van der Waals surface area contributed by atoms with E-state index in [0.29, 0.717) is 23.0 Å². The van der Waals surface area contributed by atoms with Crippen LogP contribution in [0.2, 0.25) is 0 Å². The summed E-state index contributed by atoms with van der Waals surface area (Å²) in [5, 5.41) is 13.1. The lowest BCUT2D eigenvalue weighted by molar-refractivity contribution is -0.122. The second-order valence-corrected chi connectivity index (χ2v) is 10.9. The number of para-hydroxylation sites is 1. The van der Waals surface area contributed by atoms with Crippen molar-refractivity contribution in [3.63, 3.8) is 0 Å². The number of carboxylic acid groups (broad SMARTS) is 1. The molecule has 0 radical (unpaired) electrons. The van der Waals surface area contributed by atoms with Gasteiger partial charge in [-0.15, -0.1) is 0 Å². The van der Waals surface area contributed by atoms with Gasteiger partial charge in [0.25, 0.3) is 0 Å². The molecule has 12 heteroatoms. The molecular weight excluding hydrogens is 516 g/mol. The maximum atomic E-state index is 15.2. The lowest BCUT2D eigenvalue weighted by Crippen LogP contribution is -2.56. The molecule has 2 aromatic carbocycles. The Balaban J connectivity index is 1.56. The van der Waals surface area contributed by atoms with Gasteiger partial charge >= 0.3 is 5.97 Å². The van der Waals surface area contributed by atoms with Crippen LogP contribution >= 0.6 is 0 Å². The number of rotatable bonds is 8. The zero-order valence-corrected chi connectivity index (χ0v) is 21.5. The molecule has 0 spiro atoms. The van der Waals surface area contributed by atoms with Crippen molar-refractivity contribution in [1.29, 1.82) is 0 Å². The van der Waals surface area contributed by atoms with Crippen molar-refractivity contribution in [1.82, 2.24) is 15.2 Å². The van der Waals surface area contributed by atoms with Crippen molar-refractivity contribution < 1.29 is 27.7 Å². The van der Waals surface area contributed by atoms with Crippen LogP contribution in [0.5, 0.6) is 0 Å². The lowest BCUT2D eigenvalue weighted by atomic mass is 9.86. The van der Waals surface area contributed by atoms with Crippen LogP contribution in [0.25, 0.3) is 22.0 Å². The number of aromatic nitrogens is 1. The highest BCUT2D eigenvalue weighted by Crippen LogP contribution is 2.41. The van der Waals surface area contributed by atoms with Gasteiger partial charge < -0.3 is 25.9 Å². The second kappa shape index (κ2) is 9.93. The van der Waals surface area contributed by atoms with E-state index in [1.807, 2.05) is 13.0 Å². The summed E-state index contributed by atoms with van der Waals surface area (Å²) in [4.78, 5) is 30.0. The highest BCUT2D eigenvalue weighted by molar-refractivity contribution is 7.85. The standard InChI is InChI=1S/C26H27F2N5O4S/c1-12(18-6-15(30-25(18)34)11-33-9-13(29)10-33)16-4-3-5-17-21(24(26(35)36)31-23(16)17)22-19(27)7-14(8-20(22)28)32-38(2)37/h3-8,12-13,18,31-32H,9-11,29H2,1-2H3,(H,30,34)(H,35,36)/t12-,18-,38?/m1/s1. The number of benzene rings is 2. The SMILES string of the molecule is C[C@H](c1cccc2c(-c3c(F)cc(NS(C)=O)cc3F)c(C(=O)O)[nH]c12)[C@H]1C=C(CN2CC(N)C2)NC1=O. The molecule has 2 aliphatic heterocycles. The molecular formula is C26H27F2N5O4S. The number of halogens is 2. The number of carbonyl (C=O) groups is 2. The molecule has 3 heterocycles. The number of carboxylic acids is 1. The van der Waals surface area contributed by atoms with Crippen molar-refractivity contribution >= 4 is 39.5 Å². The quantitative estimate of drug-likeness (QED) is 0.296. The largest absolute Gasteiger partial charge is 0.477 e. The molecule has 38 heavy (non-hydrogen) atoms. The first kappa shape index (κ1) is 26.0. The molecule has 1 fully saturated rings. The van der Waals surface area contributed by atoms with Crippen molar-refractivity contribution in [2.75, 3.05) is 30.6 Å². The monoisotopic (exact) mass is 543 g/mol. The molecule has 1 unspecified atom stereocenters. The molecule has 1 aromatic heterocycles. The summed E-state index contributed by atoms with van der Waals surface area (Å²) in [6.45, 7) is 3.95. The summed E-state index contributed by atoms with van der Waals surface area (Å²) in [5.41, 5.74) is 6.58. The maximum absolute atomic E-state index is 15.2. The molecule has 1 saturated heterocycles. The number of amides is 1. The molecule has 2 aliphatic rings. The van der Waals surface area contributed by atoms with E-state index >= 15 is 8.78 Å². The van der Waals surface area contributed by atoms with E-state index < -0.39 is 40.1 Å². The highest BCUT2D eigenvalue weighted by Gasteiger charge is 2.34. The average Bonchev–Trinajstić information content (AvgIpc) is 3.37. The molecule has 200 valence electrons. The Bertz CT molecular complexity index is 1490. The molecule has 3 atom stereocenters. The number of hydrogen-bond donors (Lipinski definition) is 5. The smallest absolute Gasteiger partial charge is 0.352 e. The van der Waals surface area contributed by atoms with Crippen LogP contribution in [0.3, 0.4) is 0 Å². The summed E-state index contributed by atoms with van der Waals surface area (Å²) in [5.74, 6) is -4.46. The number of H-pyrrole nitrogens is 1. The van der Waals surface area contributed by atoms with Gasteiger partial charge in [-0.25, -0.2) is 17.8 Å². The first-order chi connectivity index (χ1) is 18.0. The van der Waals surface area contributed by atoms with Crippen LogP contribution in [0, 0.1) is 17.6 Å². The fraction of sp³-hybridized carbons (Fsp3) is 0.308. The summed E-state index contributed by atoms with van der Waals surface area (Å²) < 4.78 is 44.3. The summed E-state index contributed by atoms with van der Waals surface area (Å²) in [7, 11) is -1.56. The minimum absolute atomic E-state index is 0.0364. The van der Waals surface area contributed by atoms with E-state index in [4.69, 9.17) is 5.73 Å². The number of fused-ring (bicyclic) bond motifs is 1. The van der Waals surface area contributed by atoms with Crippen LogP contribution in [0.15, 0.2) is 42.1 Å². The van der Waals surface area contributed by atoms with Crippen LogP contribution in [-0.2, 0) is 15.8 Å². The van der Waals surface area contributed by atoms with Gasteiger partial charge in [0.15, 0.2) is 0 Å². The van der Waals surface area contributed by atoms with Gasteiger partial charge in [-0.05, 0) is 23.6 Å². The minimum Gasteiger partial charge on any atom is -0.477 e. The fourth-order valence-electron chi connectivity index (χ4n) is 5.29. The van der Waals surface area contributed by atoms with Crippen molar-refractivity contribution in [3.8, 4) is 11.1 Å². The maximum Gasteiger partial charge on any atom is 0.352 e. The summed E-state index contributed by atoms with van der Waals surface area (Å²) in [6.07, 6.45) is 3.19. The van der Waals surface area contributed by atoms with Gasteiger partial charge in [-0.1, -0.05) is 31.2 Å². The number of anilines is 1. The Morgan fingerprint density at radius 1 is 1.26 bits per heavy atom. The highest BCUT2D eigenvalue weighted by atomic mass is 32.2. The Labute approximate surface area is 219 Å². The molecule has 5 rings (SSSR count). The van der Waals surface area contributed by atoms with Crippen molar-refractivity contribution in [3.05, 3.63) is 65.0 Å². The van der Waals surface area contributed by atoms with Gasteiger partial charge in [0, 0.05) is 48.6 Å². The number of nitrogens with two attached hydrogens (primary N) is 1. The number of nitrogens with one attached hydrogen (secondary N) is 3. The number of aromatic carboxylic acids is 1. The molecule has 0 bridgehead atoms. The Morgan fingerprint density at radius 3 is 2.55 bits per heavy atom. The number of carbonyl (C=O) groups excluding carboxylic acids is 1. The normalized spacial score (nSPS) is 19.7. The molecule has 0 saturated carbocycles. The summed E-state index contributed by atoms with van der Waals surface area (Å²) in [6, 6.07) is 7.10. The van der Waals surface area contributed by atoms with E-state index in [2.05, 4.69) is 19.9 Å². The number of nitrogens with zero attached hydrogens (tertiary/aromatic N) is 1. The summed E-state index contributed by atoms with van der Waals surface area (Å²) >= 11 is 0. The van der Waals surface area contributed by atoms with Gasteiger partial charge in [-0.3, -0.25) is 9.69 Å². The number of hydrogen-bond acceptors (Lipinski definition) is 5. The first-order valence-corrected chi connectivity index (χ1v) is 13.6. The Kier molecular flexibility index (Phi) is 6.80. The molecule has 3 aromatic rings. The van der Waals surface area contributed by atoms with E-state index in [1.54, 1.807) is 18.2 Å². The number of aromatic amines is 1. The van der Waals surface area contributed by atoms with E-state index in [1.165, 1.54) is 6.26 Å². The second-order valence-electron chi connectivity index (χ2n) is 9.77. The topological polar surface area (TPSA) is 141 Å². The third-order valence-corrected chi connectivity index (χ3v) is 7.53. The first-order valence-electron chi connectivity index (χ1n) is 12.0. The minimum atomic E-state index is -1.56. The Morgan fingerprint density at radius 2 is 1.95 bits per heavy atom. The molecule has 6 N–H and O–H groups in total. The molecule has 0 aliphatic carbocycles. The van der Waals surface area contributed by atoms with E-state index in [-0.39, 0.29) is 34.8 Å². The van der Waals surface area contributed by atoms with Gasteiger partial charge in [0.2, 0.25) is 5.91 Å². The van der Waals surface area contributed by atoms with Gasteiger partial charge in [-0.2, -0.15) is 0 Å². The fourth-order valence-corrected chi connectivity index (χ4v) is 5.74. The zero-order chi connectivity index (χ0) is 27.3.